The van der Waals surface area contributed by atoms with Crippen LogP contribution in [0, 0.1) is 0 Å². The van der Waals surface area contributed by atoms with Crippen molar-refractivity contribution in [2.45, 2.75) is 39.2 Å². The second kappa shape index (κ2) is 5.03. The molecule has 0 unspecified atom stereocenters. The molecule has 0 spiro atoms. The normalized spacial score (nSPS) is 20.9. The first-order valence-corrected chi connectivity index (χ1v) is 6.20. The quantitative estimate of drug-likeness (QED) is 0.728. The first-order valence-electron chi connectivity index (χ1n) is 5.22. The summed E-state index contributed by atoms with van der Waals surface area (Å²) in [5.74, 6) is 1.29. The molecule has 0 aliphatic carbocycles. The van der Waals surface area contributed by atoms with Gasteiger partial charge in [0.1, 0.15) is 0 Å². The number of amides is 1. The average molecular weight is 216 g/mol. The Labute approximate surface area is 90.7 Å². The summed E-state index contributed by atoms with van der Waals surface area (Å²) in [5.41, 5.74) is 0.215. The number of carbonyl (C=O) groups excluding carboxylic acids is 1. The van der Waals surface area contributed by atoms with Crippen LogP contribution >= 0.6 is 11.9 Å². The summed E-state index contributed by atoms with van der Waals surface area (Å²) in [4.78, 5) is 13.1. The smallest absolute Gasteiger partial charge is 0.219 e. The molecule has 1 heterocycles. The highest BCUT2D eigenvalue weighted by Crippen LogP contribution is 2.23. The van der Waals surface area contributed by atoms with Crippen LogP contribution in [0.1, 0.15) is 33.6 Å². The van der Waals surface area contributed by atoms with Gasteiger partial charge in [-0.2, -0.15) is 0 Å². The van der Waals surface area contributed by atoms with E-state index in [-0.39, 0.29) is 11.4 Å². The van der Waals surface area contributed by atoms with E-state index in [1.54, 1.807) is 18.9 Å². The Morgan fingerprint density at radius 3 is 2.50 bits per heavy atom. The Bertz CT molecular complexity index is 200. The van der Waals surface area contributed by atoms with Gasteiger partial charge in [0.25, 0.3) is 0 Å². The highest BCUT2D eigenvalue weighted by molar-refractivity contribution is 7.97. The molecule has 1 fully saturated rings. The number of nitrogens with one attached hydrogen (secondary N) is 1. The molecule has 14 heavy (non-hydrogen) atoms. The molecule has 0 saturated carbocycles. The molecule has 1 amide bonds. The fraction of sp³-hybridized carbons (Fsp3) is 0.900. The van der Waals surface area contributed by atoms with Gasteiger partial charge in [-0.05, 0) is 19.8 Å². The van der Waals surface area contributed by atoms with Gasteiger partial charge in [0, 0.05) is 31.3 Å². The van der Waals surface area contributed by atoms with Crippen molar-refractivity contribution in [2.75, 3.05) is 18.8 Å². The molecule has 0 aromatic rings. The fourth-order valence-corrected chi connectivity index (χ4v) is 2.36. The van der Waals surface area contributed by atoms with Gasteiger partial charge in [-0.25, -0.2) is 0 Å². The van der Waals surface area contributed by atoms with Crippen molar-refractivity contribution in [2.24, 2.45) is 0 Å². The van der Waals surface area contributed by atoms with Crippen LogP contribution in [-0.4, -0.2) is 35.2 Å². The summed E-state index contributed by atoms with van der Waals surface area (Å²) in [6, 6.07) is 0. The third kappa shape index (κ3) is 3.17. The number of carbonyl (C=O) groups is 1. The van der Waals surface area contributed by atoms with Gasteiger partial charge in [0.05, 0.1) is 0 Å². The molecule has 1 aliphatic heterocycles. The van der Waals surface area contributed by atoms with Crippen LogP contribution in [0.5, 0.6) is 0 Å². The number of piperidine rings is 1. The van der Waals surface area contributed by atoms with Gasteiger partial charge in [-0.15, -0.1) is 0 Å². The van der Waals surface area contributed by atoms with Crippen molar-refractivity contribution < 1.29 is 4.79 Å². The highest BCUT2D eigenvalue weighted by Gasteiger charge is 2.30. The van der Waals surface area contributed by atoms with Crippen LogP contribution in [0.15, 0.2) is 0 Å². The largest absolute Gasteiger partial charge is 0.343 e. The predicted molar refractivity (Wildman–Crippen MR) is 61.2 cm³/mol. The zero-order valence-corrected chi connectivity index (χ0v) is 10.1. The maximum absolute atomic E-state index is 11.1. The lowest BCUT2D eigenvalue weighted by Crippen LogP contribution is -2.50. The van der Waals surface area contributed by atoms with Crippen LogP contribution in [0.3, 0.4) is 0 Å². The van der Waals surface area contributed by atoms with Crippen LogP contribution in [0.4, 0.5) is 0 Å². The molecule has 0 aromatic heterocycles. The van der Waals surface area contributed by atoms with E-state index in [2.05, 4.69) is 18.6 Å². The van der Waals surface area contributed by atoms with Crippen molar-refractivity contribution in [3.05, 3.63) is 0 Å². The van der Waals surface area contributed by atoms with Crippen molar-refractivity contribution in [1.82, 2.24) is 9.62 Å². The van der Waals surface area contributed by atoms with Crippen LogP contribution in [0.2, 0.25) is 0 Å². The maximum atomic E-state index is 11.1. The molecule has 0 atom stereocenters. The second-order valence-corrected chi connectivity index (χ2v) is 5.17. The minimum atomic E-state index is 0.204. The first kappa shape index (κ1) is 11.9. The lowest BCUT2D eigenvalue weighted by atomic mass is 9.91. The van der Waals surface area contributed by atoms with E-state index in [0.29, 0.717) is 0 Å². The molecule has 0 radical (unpaired) electrons. The van der Waals surface area contributed by atoms with E-state index in [0.717, 1.165) is 31.7 Å². The Morgan fingerprint density at radius 1 is 1.50 bits per heavy atom. The standard InChI is InChI=1S/C10H20N2OS/c1-4-14-11-10(3)5-7-12(8-6-10)9(2)13/h11H,4-8H2,1-3H3. The van der Waals surface area contributed by atoms with Crippen molar-refractivity contribution in [3.63, 3.8) is 0 Å². The summed E-state index contributed by atoms with van der Waals surface area (Å²) in [5, 5.41) is 0. The summed E-state index contributed by atoms with van der Waals surface area (Å²) in [7, 11) is 0. The summed E-state index contributed by atoms with van der Waals surface area (Å²) < 4.78 is 3.49. The molecule has 1 N–H and O–H groups in total. The number of hydrogen-bond acceptors (Lipinski definition) is 3. The zero-order chi connectivity index (χ0) is 10.6. The lowest BCUT2D eigenvalue weighted by Gasteiger charge is -2.39. The third-order valence-corrected chi connectivity index (χ3v) is 3.70. The van der Waals surface area contributed by atoms with Crippen molar-refractivity contribution in [3.8, 4) is 0 Å². The second-order valence-electron chi connectivity index (χ2n) is 4.10. The van der Waals surface area contributed by atoms with Gasteiger partial charge in [0.15, 0.2) is 0 Å². The monoisotopic (exact) mass is 216 g/mol. The molecule has 1 aliphatic rings. The topological polar surface area (TPSA) is 32.3 Å². The molecule has 1 rings (SSSR count). The number of rotatable bonds is 3. The molecule has 0 bridgehead atoms. The molecular weight excluding hydrogens is 196 g/mol. The van der Waals surface area contributed by atoms with Crippen LogP contribution in [0.25, 0.3) is 0 Å². The van der Waals surface area contributed by atoms with E-state index < -0.39 is 0 Å². The van der Waals surface area contributed by atoms with E-state index in [4.69, 9.17) is 0 Å². The molecule has 1 saturated heterocycles. The Kier molecular flexibility index (Phi) is 4.26. The summed E-state index contributed by atoms with van der Waals surface area (Å²) in [6.45, 7) is 7.82. The lowest BCUT2D eigenvalue weighted by molar-refractivity contribution is -0.130. The Hall–Kier alpha value is -0.220. The SMILES string of the molecule is CCSNC1(C)CCN(C(C)=O)CC1. The number of hydrogen-bond donors (Lipinski definition) is 1. The minimum Gasteiger partial charge on any atom is -0.343 e. The Morgan fingerprint density at radius 2 is 2.07 bits per heavy atom. The van der Waals surface area contributed by atoms with Crippen LogP contribution in [-0.2, 0) is 4.79 Å². The van der Waals surface area contributed by atoms with E-state index in [9.17, 15) is 4.79 Å². The first-order chi connectivity index (χ1) is 6.57. The van der Waals surface area contributed by atoms with Gasteiger partial charge in [-0.1, -0.05) is 18.9 Å². The number of likely N-dealkylation sites (tertiary alicyclic amines) is 1. The van der Waals surface area contributed by atoms with Gasteiger partial charge < -0.3 is 4.90 Å². The molecular formula is C10H20N2OS. The summed E-state index contributed by atoms with van der Waals surface area (Å²) in [6.07, 6.45) is 2.11. The molecule has 0 aromatic carbocycles. The molecule has 4 heteroatoms. The number of nitrogens with zero attached hydrogens (tertiary/aromatic N) is 1. The summed E-state index contributed by atoms with van der Waals surface area (Å²) >= 11 is 1.77. The predicted octanol–water partition coefficient (Wildman–Crippen LogP) is 1.65. The average Bonchev–Trinajstić information content (AvgIpc) is 2.16. The minimum absolute atomic E-state index is 0.204. The fourth-order valence-electron chi connectivity index (χ4n) is 1.66. The Balaban J connectivity index is 2.36. The molecule has 82 valence electrons. The van der Waals surface area contributed by atoms with Crippen molar-refractivity contribution in [1.29, 1.82) is 0 Å². The van der Waals surface area contributed by atoms with E-state index in [1.807, 2.05) is 4.90 Å². The van der Waals surface area contributed by atoms with Gasteiger partial charge >= 0.3 is 0 Å². The highest BCUT2D eigenvalue weighted by atomic mass is 32.2. The van der Waals surface area contributed by atoms with Crippen LogP contribution < -0.4 is 4.72 Å². The van der Waals surface area contributed by atoms with Gasteiger partial charge in [-0.3, -0.25) is 9.52 Å². The van der Waals surface area contributed by atoms with Gasteiger partial charge in [0.2, 0.25) is 5.91 Å². The third-order valence-electron chi connectivity index (χ3n) is 2.78. The van der Waals surface area contributed by atoms with E-state index >= 15 is 0 Å². The zero-order valence-electron chi connectivity index (χ0n) is 9.30. The maximum Gasteiger partial charge on any atom is 0.219 e. The van der Waals surface area contributed by atoms with E-state index in [1.165, 1.54) is 0 Å². The molecule has 3 nitrogen and oxygen atoms in total. The van der Waals surface area contributed by atoms with Crippen molar-refractivity contribution >= 4 is 17.9 Å².